The van der Waals surface area contributed by atoms with Crippen molar-refractivity contribution in [2.75, 3.05) is 19.8 Å². The number of hydrogen-bond donors (Lipinski definition) is 1. The average molecular weight is 277 g/mol. The lowest BCUT2D eigenvalue weighted by Gasteiger charge is -2.26. The van der Waals surface area contributed by atoms with E-state index in [1.165, 1.54) is 0 Å². The van der Waals surface area contributed by atoms with Gasteiger partial charge in [0.15, 0.2) is 5.79 Å². The summed E-state index contributed by atoms with van der Waals surface area (Å²) in [7, 11) is 0. The molecule has 1 aliphatic rings. The van der Waals surface area contributed by atoms with E-state index in [2.05, 4.69) is 12.2 Å². The Morgan fingerprint density at radius 1 is 1.40 bits per heavy atom. The van der Waals surface area contributed by atoms with E-state index in [-0.39, 0.29) is 5.91 Å². The smallest absolute Gasteiger partial charge is 0.251 e. The molecule has 0 radical (unpaired) electrons. The fourth-order valence-corrected chi connectivity index (χ4v) is 2.54. The molecule has 110 valence electrons. The maximum atomic E-state index is 12.0. The maximum Gasteiger partial charge on any atom is 0.251 e. The quantitative estimate of drug-likeness (QED) is 0.899. The van der Waals surface area contributed by atoms with Crippen LogP contribution < -0.4 is 5.32 Å². The Kier molecular flexibility index (Phi) is 4.78. The molecule has 1 amide bonds. The summed E-state index contributed by atoms with van der Waals surface area (Å²) in [6, 6.07) is 7.60. The zero-order valence-electron chi connectivity index (χ0n) is 12.4. The Balaban J connectivity index is 1.81. The monoisotopic (exact) mass is 277 g/mol. The van der Waals surface area contributed by atoms with Crippen LogP contribution in [-0.4, -0.2) is 31.5 Å². The molecule has 1 aromatic carbocycles. The van der Waals surface area contributed by atoms with Gasteiger partial charge in [0.25, 0.3) is 5.91 Å². The molecule has 1 fully saturated rings. The van der Waals surface area contributed by atoms with Crippen molar-refractivity contribution in [2.24, 2.45) is 5.92 Å². The molecule has 4 heteroatoms. The predicted octanol–water partition coefficient (Wildman–Crippen LogP) is 2.51. The van der Waals surface area contributed by atoms with Crippen LogP contribution in [0, 0.1) is 12.8 Å². The number of amides is 1. The third-order valence-electron chi connectivity index (χ3n) is 3.51. The van der Waals surface area contributed by atoms with Crippen LogP contribution >= 0.6 is 0 Å². The minimum Gasteiger partial charge on any atom is -0.352 e. The number of nitrogens with one attached hydrogen (secondary N) is 1. The van der Waals surface area contributed by atoms with Crippen LogP contribution in [0.5, 0.6) is 0 Å². The summed E-state index contributed by atoms with van der Waals surface area (Å²) in [6.07, 6.45) is 0.779. The van der Waals surface area contributed by atoms with Gasteiger partial charge in [-0.25, -0.2) is 0 Å². The Bertz CT molecular complexity index is 467. The van der Waals surface area contributed by atoms with Crippen molar-refractivity contribution in [1.82, 2.24) is 5.32 Å². The molecule has 0 aromatic heterocycles. The number of carbonyl (C=O) groups excluding carboxylic acids is 1. The molecule has 1 N–H and O–H groups in total. The van der Waals surface area contributed by atoms with Crippen molar-refractivity contribution >= 4 is 5.91 Å². The zero-order valence-corrected chi connectivity index (χ0v) is 12.4. The molecule has 1 atom stereocenters. The molecule has 0 spiro atoms. The highest BCUT2D eigenvalue weighted by Gasteiger charge is 2.32. The summed E-state index contributed by atoms with van der Waals surface area (Å²) in [6.45, 7) is 7.95. The minimum atomic E-state index is -0.493. The van der Waals surface area contributed by atoms with Crippen molar-refractivity contribution in [1.29, 1.82) is 0 Å². The number of ether oxygens (including phenoxy) is 2. The summed E-state index contributed by atoms with van der Waals surface area (Å²) >= 11 is 0. The third-order valence-corrected chi connectivity index (χ3v) is 3.51. The third kappa shape index (κ3) is 4.05. The van der Waals surface area contributed by atoms with Crippen LogP contribution in [0.3, 0.4) is 0 Å². The SMILES string of the molecule is Cc1cccc(C(=O)NCC(C)CC2(C)OCCO2)c1. The van der Waals surface area contributed by atoms with Gasteiger partial charge in [0.05, 0.1) is 13.2 Å². The summed E-state index contributed by atoms with van der Waals surface area (Å²) in [5.74, 6) is -0.223. The molecule has 0 aliphatic carbocycles. The van der Waals surface area contributed by atoms with Gasteiger partial charge >= 0.3 is 0 Å². The van der Waals surface area contributed by atoms with Gasteiger partial charge in [-0.15, -0.1) is 0 Å². The molecule has 1 aromatic rings. The molecule has 20 heavy (non-hydrogen) atoms. The Morgan fingerprint density at radius 2 is 2.10 bits per heavy atom. The second-order valence-electron chi connectivity index (χ2n) is 5.72. The predicted molar refractivity (Wildman–Crippen MR) is 77.6 cm³/mol. The molecule has 4 nitrogen and oxygen atoms in total. The molecule has 1 saturated heterocycles. The van der Waals surface area contributed by atoms with E-state index in [1.807, 2.05) is 38.1 Å². The van der Waals surface area contributed by atoms with Crippen molar-refractivity contribution in [3.8, 4) is 0 Å². The first-order valence-electron chi connectivity index (χ1n) is 7.11. The van der Waals surface area contributed by atoms with Crippen molar-refractivity contribution < 1.29 is 14.3 Å². The van der Waals surface area contributed by atoms with Gasteiger partial charge in [-0.1, -0.05) is 24.6 Å². The Morgan fingerprint density at radius 3 is 2.75 bits per heavy atom. The maximum absolute atomic E-state index is 12.0. The highest BCUT2D eigenvalue weighted by Crippen LogP contribution is 2.26. The highest BCUT2D eigenvalue weighted by molar-refractivity contribution is 5.94. The van der Waals surface area contributed by atoms with Crippen molar-refractivity contribution in [2.45, 2.75) is 33.0 Å². The number of aryl methyl sites for hydroxylation is 1. The van der Waals surface area contributed by atoms with Crippen LogP contribution in [0.25, 0.3) is 0 Å². The molecule has 1 aliphatic heterocycles. The van der Waals surface area contributed by atoms with Crippen molar-refractivity contribution in [3.05, 3.63) is 35.4 Å². The lowest BCUT2D eigenvalue weighted by molar-refractivity contribution is -0.153. The van der Waals surface area contributed by atoms with E-state index in [1.54, 1.807) is 0 Å². The fourth-order valence-electron chi connectivity index (χ4n) is 2.54. The number of carbonyl (C=O) groups is 1. The van der Waals surface area contributed by atoms with Gasteiger partial charge in [-0.2, -0.15) is 0 Å². The van der Waals surface area contributed by atoms with Gasteiger partial charge < -0.3 is 14.8 Å². The first-order valence-corrected chi connectivity index (χ1v) is 7.11. The van der Waals surface area contributed by atoms with Crippen LogP contribution in [0.15, 0.2) is 24.3 Å². The van der Waals surface area contributed by atoms with Crippen LogP contribution in [0.2, 0.25) is 0 Å². The molecule has 1 unspecified atom stereocenters. The normalized spacial score (nSPS) is 18.8. The number of hydrogen-bond acceptors (Lipinski definition) is 3. The van der Waals surface area contributed by atoms with Gasteiger partial charge in [0, 0.05) is 18.5 Å². The molecule has 0 bridgehead atoms. The topological polar surface area (TPSA) is 47.6 Å². The highest BCUT2D eigenvalue weighted by atomic mass is 16.7. The van der Waals surface area contributed by atoms with Crippen molar-refractivity contribution in [3.63, 3.8) is 0 Å². The molecule has 1 heterocycles. The fraction of sp³-hybridized carbons (Fsp3) is 0.562. The number of benzene rings is 1. The van der Waals surface area contributed by atoms with Gasteiger partial charge in [-0.3, -0.25) is 4.79 Å². The van der Waals surface area contributed by atoms with E-state index in [0.29, 0.717) is 31.2 Å². The number of rotatable bonds is 5. The Labute approximate surface area is 120 Å². The molecule has 0 saturated carbocycles. The molecular weight excluding hydrogens is 254 g/mol. The summed E-state index contributed by atoms with van der Waals surface area (Å²) in [5.41, 5.74) is 1.79. The van der Waals surface area contributed by atoms with E-state index in [4.69, 9.17) is 9.47 Å². The van der Waals surface area contributed by atoms with Crippen LogP contribution in [0.1, 0.15) is 36.2 Å². The van der Waals surface area contributed by atoms with Crippen LogP contribution in [-0.2, 0) is 9.47 Å². The largest absolute Gasteiger partial charge is 0.352 e. The minimum absolute atomic E-state index is 0.0287. The van der Waals surface area contributed by atoms with E-state index >= 15 is 0 Å². The summed E-state index contributed by atoms with van der Waals surface area (Å²) < 4.78 is 11.2. The first-order chi connectivity index (χ1) is 9.48. The van der Waals surface area contributed by atoms with E-state index < -0.39 is 5.79 Å². The lowest BCUT2D eigenvalue weighted by Crippen LogP contribution is -2.34. The summed E-state index contributed by atoms with van der Waals surface area (Å²) in [5, 5.41) is 2.97. The average Bonchev–Trinajstić information content (AvgIpc) is 2.82. The summed E-state index contributed by atoms with van der Waals surface area (Å²) in [4.78, 5) is 12.0. The van der Waals surface area contributed by atoms with Gasteiger partial charge in [0.2, 0.25) is 0 Å². The van der Waals surface area contributed by atoms with E-state index in [9.17, 15) is 4.79 Å². The Hall–Kier alpha value is -1.39. The van der Waals surface area contributed by atoms with Gasteiger partial charge in [0.1, 0.15) is 0 Å². The standard InChI is InChI=1S/C16H23NO3/c1-12-5-4-6-14(9-12)15(18)17-11-13(2)10-16(3)19-7-8-20-16/h4-6,9,13H,7-8,10-11H2,1-3H3,(H,17,18). The van der Waals surface area contributed by atoms with Gasteiger partial charge in [-0.05, 0) is 31.9 Å². The van der Waals surface area contributed by atoms with Crippen LogP contribution in [0.4, 0.5) is 0 Å². The molecule has 2 rings (SSSR count). The molecular formula is C16H23NO3. The second kappa shape index (κ2) is 6.37. The first kappa shape index (κ1) is 15.0. The zero-order chi connectivity index (χ0) is 14.6. The second-order valence-corrected chi connectivity index (χ2v) is 5.72. The lowest BCUT2D eigenvalue weighted by atomic mass is 10.0. The van der Waals surface area contributed by atoms with E-state index in [0.717, 1.165) is 12.0 Å².